The van der Waals surface area contributed by atoms with Gasteiger partial charge >= 0.3 is 0 Å². The van der Waals surface area contributed by atoms with E-state index in [1.54, 1.807) is 0 Å². The fourth-order valence-electron chi connectivity index (χ4n) is 2.32. The number of rotatable bonds is 8. The highest BCUT2D eigenvalue weighted by Crippen LogP contribution is 2.17. The Kier molecular flexibility index (Phi) is 6.93. The largest absolute Gasteiger partial charge is 0.370 e. The van der Waals surface area contributed by atoms with E-state index in [1.807, 2.05) is 0 Å². The molecule has 0 spiro atoms. The maximum absolute atomic E-state index is 3.68. The third kappa shape index (κ3) is 5.23. The Labute approximate surface area is 119 Å². The molecule has 0 radical (unpaired) electrons. The van der Waals surface area contributed by atoms with Crippen molar-refractivity contribution in [1.29, 1.82) is 0 Å². The molecule has 1 aromatic carbocycles. The first-order chi connectivity index (χ1) is 9.08. The van der Waals surface area contributed by atoms with Crippen LogP contribution in [-0.2, 0) is 0 Å². The number of aryl methyl sites for hydroxylation is 1. The molecule has 0 saturated heterocycles. The SMILES string of the molecule is CCCNC(CN(CC)c1cccc(C)c1)C(C)C. The standard InChI is InChI=1S/C17H30N2/c1-6-11-18-17(14(3)4)13-19(7-2)16-10-8-9-15(5)12-16/h8-10,12,14,17-18H,6-7,11,13H2,1-5H3. The van der Waals surface area contributed by atoms with Gasteiger partial charge in [-0.3, -0.25) is 0 Å². The van der Waals surface area contributed by atoms with Gasteiger partial charge in [0.1, 0.15) is 0 Å². The summed E-state index contributed by atoms with van der Waals surface area (Å²) in [6.45, 7) is 14.5. The van der Waals surface area contributed by atoms with Gasteiger partial charge in [0.15, 0.2) is 0 Å². The van der Waals surface area contributed by atoms with Crippen molar-refractivity contribution in [1.82, 2.24) is 5.32 Å². The molecule has 0 fully saturated rings. The lowest BCUT2D eigenvalue weighted by Gasteiger charge is -2.31. The van der Waals surface area contributed by atoms with Crippen LogP contribution in [0, 0.1) is 12.8 Å². The molecule has 2 nitrogen and oxygen atoms in total. The maximum Gasteiger partial charge on any atom is 0.0369 e. The molecule has 0 aliphatic carbocycles. The fraction of sp³-hybridized carbons (Fsp3) is 0.647. The van der Waals surface area contributed by atoms with Gasteiger partial charge in [0.25, 0.3) is 0 Å². The van der Waals surface area contributed by atoms with Crippen molar-refractivity contribution in [2.24, 2.45) is 5.92 Å². The van der Waals surface area contributed by atoms with Crippen molar-refractivity contribution < 1.29 is 0 Å². The molecule has 0 heterocycles. The van der Waals surface area contributed by atoms with E-state index in [-0.39, 0.29) is 0 Å². The quantitative estimate of drug-likeness (QED) is 0.765. The zero-order valence-electron chi connectivity index (χ0n) is 13.2. The van der Waals surface area contributed by atoms with Gasteiger partial charge in [-0.2, -0.15) is 0 Å². The van der Waals surface area contributed by atoms with Gasteiger partial charge in [-0.05, 0) is 50.4 Å². The average molecular weight is 262 g/mol. The van der Waals surface area contributed by atoms with Crippen molar-refractivity contribution in [3.63, 3.8) is 0 Å². The summed E-state index contributed by atoms with van der Waals surface area (Å²) < 4.78 is 0. The second kappa shape index (κ2) is 8.21. The molecule has 108 valence electrons. The van der Waals surface area contributed by atoms with Crippen molar-refractivity contribution in [2.45, 2.75) is 47.1 Å². The summed E-state index contributed by atoms with van der Waals surface area (Å²) in [4.78, 5) is 2.47. The van der Waals surface area contributed by atoms with E-state index in [0.29, 0.717) is 12.0 Å². The Hall–Kier alpha value is -1.02. The van der Waals surface area contributed by atoms with Crippen LogP contribution in [0.4, 0.5) is 5.69 Å². The molecule has 1 N–H and O–H groups in total. The molecular formula is C17H30N2. The van der Waals surface area contributed by atoms with E-state index in [9.17, 15) is 0 Å². The fourth-order valence-corrected chi connectivity index (χ4v) is 2.32. The summed E-state index contributed by atoms with van der Waals surface area (Å²) in [5.41, 5.74) is 2.67. The highest BCUT2D eigenvalue weighted by atomic mass is 15.2. The summed E-state index contributed by atoms with van der Waals surface area (Å²) in [7, 11) is 0. The van der Waals surface area contributed by atoms with Crippen LogP contribution in [-0.4, -0.2) is 25.7 Å². The smallest absolute Gasteiger partial charge is 0.0369 e. The number of nitrogens with one attached hydrogen (secondary N) is 1. The lowest BCUT2D eigenvalue weighted by Crippen LogP contribution is -2.44. The number of hydrogen-bond acceptors (Lipinski definition) is 2. The van der Waals surface area contributed by atoms with Crippen molar-refractivity contribution >= 4 is 5.69 Å². The Bertz CT molecular complexity index is 360. The van der Waals surface area contributed by atoms with Crippen LogP contribution < -0.4 is 10.2 Å². The van der Waals surface area contributed by atoms with E-state index < -0.39 is 0 Å². The molecule has 0 saturated carbocycles. The van der Waals surface area contributed by atoms with Gasteiger partial charge in [-0.15, -0.1) is 0 Å². The Morgan fingerprint density at radius 2 is 1.95 bits per heavy atom. The first-order valence-corrected chi connectivity index (χ1v) is 7.63. The second-order valence-corrected chi connectivity index (χ2v) is 5.68. The molecule has 0 aliphatic heterocycles. The number of benzene rings is 1. The highest BCUT2D eigenvalue weighted by Gasteiger charge is 2.16. The Morgan fingerprint density at radius 1 is 1.21 bits per heavy atom. The van der Waals surface area contributed by atoms with E-state index >= 15 is 0 Å². The monoisotopic (exact) mass is 262 g/mol. The zero-order chi connectivity index (χ0) is 14.3. The topological polar surface area (TPSA) is 15.3 Å². The Balaban J connectivity index is 2.73. The van der Waals surface area contributed by atoms with Crippen molar-refractivity contribution in [3.05, 3.63) is 29.8 Å². The van der Waals surface area contributed by atoms with Crippen LogP contribution in [0.5, 0.6) is 0 Å². The maximum atomic E-state index is 3.68. The predicted molar refractivity (Wildman–Crippen MR) is 86.0 cm³/mol. The number of likely N-dealkylation sites (N-methyl/N-ethyl adjacent to an activating group) is 1. The predicted octanol–water partition coefficient (Wildman–Crippen LogP) is 3.85. The molecule has 0 bridgehead atoms. The van der Waals surface area contributed by atoms with Crippen LogP contribution in [0.15, 0.2) is 24.3 Å². The molecular weight excluding hydrogens is 232 g/mol. The highest BCUT2D eigenvalue weighted by molar-refractivity contribution is 5.48. The molecule has 19 heavy (non-hydrogen) atoms. The van der Waals surface area contributed by atoms with Gasteiger partial charge in [0.05, 0.1) is 0 Å². The third-order valence-corrected chi connectivity index (χ3v) is 3.63. The van der Waals surface area contributed by atoms with Crippen molar-refractivity contribution in [2.75, 3.05) is 24.5 Å². The molecule has 1 rings (SSSR count). The minimum Gasteiger partial charge on any atom is -0.370 e. The van der Waals surface area contributed by atoms with Crippen LogP contribution in [0.2, 0.25) is 0 Å². The van der Waals surface area contributed by atoms with E-state index in [0.717, 1.165) is 19.6 Å². The van der Waals surface area contributed by atoms with Crippen LogP contribution in [0.3, 0.4) is 0 Å². The van der Waals surface area contributed by atoms with E-state index in [1.165, 1.54) is 17.7 Å². The Morgan fingerprint density at radius 3 is 2.47 bits per heavy atom. The van der Waals surface area contributed by atoms with Crippen LogP contribution in [0.25, 0.3) is 0 Å². The number of hydrogen-bond donors (Lipinski definition) is 1. The van der Waals surface area contributed by atoms with E-state index in [4.69, 9.17) is 0 Å². The summed E-state index contributed by atoms with van der Waals surface area (Å²) in [6.07, 6.45) is 1.19. The summed E-state index contributed by atoms with van der Waals surface area (Å²) >= 11 is 0. The number of anilines is 1. The third-order valence-electron chi connectivity index (χ3n) is 3.63. The summed E-state index contributed by atoms with van der Waals surface area (Å²) in [5.74, 6) is 0.658. The second-order valence-electron chi connectivity index (χ2n) is 5.68. The van der Waals surface area contributed by atoms with Gasteiger partial charge in [-0.25, -0.2) is 0 Å². The van der Waals surface area contributed by atoms with Crippen LogP contribution >= 0.6 is 0 Å². The minimum absolute atomic E-state index is 0.556. The molecule has 2 heteroatoms. The molecule has 1 atom stereocenters. The van der Waals surface area contributed by atoms with Gasteiger partial charge < -0.3 is 10.2 Å². The number of nitrogens with zero attached hydrogens (tertiary/aromatic N) is 1. The molecule has 0 aliphatic rings. The van der Waals surface area contributed by atoms with Crippen molar-refractivity contribution in [3.8, 4) is 0 Å². The lowest BCUT2D eigenvalue weighted by molar-refractivity contribution is 0.398. The molecule has 0 aromatic heterocycles. The van der Waals surface area contributed by atoms with Gasteiger partial charge in [0, 0.05) is 24.8 Å². The first-order valence-electron chi connectivity index (χ1n) is 7.63. The molecule has 1 aromatic rings. The van der Waals surface area contributed by atoms with E-state index in [2.05, 4.69) is 69.1 Å². The summed E-state index contributed by atoms with van der Waals surface area (Å²) in [5, 5.41) is 3.68. The zero-order valence-corrected chi connectivity index (χ0v) is 13.2. The minimum atomic E-state index is 0.556. The van der Waals surface area contributed by atoms with Gasteiger partial charge in [0.2, 0.25) is 0 Å². The lowest BCUT2D eigenvalue weighted by atomic mass is 10.0. The van der Waals surface area contributed by atoms with Gasteiger partial charge in [-0.1, -0.05) is 32.9 Å². The van der Waals surface area contributed by atoms with Crippen LogP contribution in [0.1, 0.15) is 39.7 Å². The average Bonchev–Trinajstić information content (AvgIpc) is 2.38. The summed E-state index contributed by atoms with van der Waals surface area (Å²) in [6, 6.07) is 9.36. The first kappa shape index (κ1) is 16.0. The molecule has 0 amide bonds. The molecule has 1 unspecified atom stereocenters. The normalized spacial score (nSPS) is 12.7.